The van der Waals surface area contributed by atoms with E-state index in [-0.39, 0.29) is 0 Å². The lowest BCUT2D eigenvalue weighted by Gasteiger charge is -2.23. The van der Waals surface area contributed by atoms with Crippen LogP contribution < -0.4 is 0 Å². The minimum absolute atomic E-state index is 0.587. The maximum absolute atomic E-state index is 6.19. The molecule has 4 heteroatoms. The third kappa shape index (κ3) is 5.00. The Labute approximate surface area is 137 Å². The monoisotopic (exact) mass is 328 g/mol. The van der Waals surface area contributed by atoms with E-state index in [0.29, 0.717) is 23.3 Å². The minimum atomic E-state index is -0.587. The molecule has 116 valence electrons. The van der Waals surface area contributed by atoms with Crippen molar-refractivity contribution in [3.63, 3.8) is 0 Å². The number of benzene rings is 1. The first-order valence-corrected chi connectivity index (χ1v) is 8.33. The SMILES string of the molecule is CCCCCCC1(/C=C\c2ccc(Cl)cc2Cl)OCCO1. The van der Waals surface area contributed by atoms with Gasteiger partial charge in [-0.15, -0.1) is 0 Å². The topological polar surface area (TPSA) is 18.5 Å². The summed E-state index contributed by atoms with van der Waals surface area (Å²) in [5, 5.41) is 1.28. The Balaban J connectivity index is 2.03. The van der Waals surface area contributed by atoms with Gasteiger partial charge in [-0.25, -0.2) is 0 Å². The van der Waals surface area contributed by atoms with Gasteiger partial charge in [0.2, 0.25) is 0 Å². The standard InChI is InChI=1S/C17H22Cl2O2/c1-2-3-4-5-9-17(20-11-12-21-17)10-8-14-6-7-15(18)13-16(14)19/h6-8,10,13H,2-5,9,11-12H2,1H3/b10-8-. The molecule has 1 aromatic carbocycles. The largest absolute Gasteiger partial charge is 0.344 e. The molecule has 0 bridgehead atoms. The lowest BCUT2D eigenvalue weighted by atomic mass is 10.0. The zero-order valence-corrected chi connectivity index (χ0v) is 13.9. The van der Waals surface area contributed by atoms with Crippen LogP contribution in [-0.4, -0.2) is 19.0 Å². The molecule has 0 unspecified atom stereocenters. The van der Waals surface area contributed by atoms with Crippen molar-refractivity contribution < 1.29 is 9.47 Å². The first kappa shape index (κ1) is 16.8. The van der Waals surface area contributed by atoms with E-state index in [1.165, 1.54) is 19.3 Å². The summed E-state index contributed by atoms with van der Waals surface area (Å²) >= 11 is 12.1. The normalized spacial score (nSPS) is 17.7. The van der Waals surface area contributed by atoms with Gasteiger partial charge in [0.15, 0.2) is 5.79 Å². The average molecular weight is 329 g/mol. The third-order valence-corrected chi connectivity index (χ3v) is 4.20. The van der Waals surface area contributed by atoms with Gasteiger partial charge in [-0.2, -0.15) is 0 Å². The van der Waals surface area contributed by atoms with Gasteiger partial charge >= 0.3 is 0 Å². The molecule has 1 aliphatic heterocycles. The molecule has 2 rings (SSSR count). The highest BCUT2D eigenvalue weighted by molar-refractivity contribution is 6.35. The molecule has 0 radical (unpaired) electrons. The van der Waals surface area contributed by atoms with Crippen molar-refractivity contribution in [1.82, 2.24) is 0 Å². The fourth-order valence-electron chi connectivity index (χ4n) is 2.45. The Morgan fingerprint density at radius 2 is 1.90 bits per heavy atom. The predicted molar refractivity (Wildman–Crippen MR) is 88.9 cm³/mol. The van der Waals surface area contributed by atoms with Crippen LogP contribution in [0.5, 0.6) is 0 Å². The fourth-order valence-corrected chi connectivity index (χ4v) is 2.92. The maximum atomic E-state index is 6.19. The van der Waals surface area contributed by atoms with Crippen molar-refractivity contribution in [3.05, 3.63) is 39.9 Å². The highest BCUT2D eigenvalue weighted by Crippen LogP contribution is 2.30. The van der Waals surface area contributed by atoms with E-state index in [0.717, 1.165) is 18.4 Å². The smallest absolute Gasteiger partial charge is 0.188 e. The summed E-state index contributed by atoms with van der Waals surface area (Å²) < 4.78 is 11.7. The van der Waals surface area contributed by atoms with Crippen LogP contribution in [0, 0.1) is 0 Å². The lowest BCUT2D eigenvalue weighted by molar-refractivity contribution is -0.121. The van der Waals surface area contributed by atoms with Crippen LogP contribution in [-0.2, 0) is 9.47 Å². The summed E-state index contributed by atoms with van der Waals surface area (Å²) in [5.74, 6) is -0.587. The van der Waals surface area contributed by atoms with Gasteiger partial charge in [0.1, 0.15) is 0 Å². The Morgan fingerprint density at radius 1 is 1.14 bits per heavy atom. The second-order valence-corrected chi connectivity index (χ2v) is 6.16. The van der Waals surface area contributed by atoms with E-state index in [4.69, 9.17) is 32.7 Å². The molecule has 1 fully saturated rings. The summed E-state index contributed by atoms with van der Waals surface area (Å²) in [4.78, 5) is 0. The molecular formula is C17H22Cl2O2. The van der Waals surface area contributed by atoms with Gasteiger partial charge in [-0.1, -0.05) is 61.5 Å². The molecule has 0 aromatic heterocycles. The van der Waals surface area contributed by atoms with Crippen LogP contribution >= 0.6 is 23.2 Å². The van der Waals surface area contributed by atoms with E-state index in [1.54, 1.807) is 6.07 Å². The molecule has 1 aliphatic rings. The highest BCUT2D eigenvalue weighted by Gasteiger charge is 2.33. The summed E-state index contributed by atoms with van der Waals surface area (Å²) in [7, 11) is 0. The number of hydrogen-bond donors (Lipinski definition) is 0. The zero-order chi connectivity index (χ0) is 15.1. The highest BCUT2D eigenvalue weighted by atomic mass is 35.5. The van der Waals surface area contributed by atoms with Crippen LogP contribution in [0.2, 0.25) is 10.0 Å². The molecule has 0 spiro atoms. The molecular weight excluding hydrogens is 307 g/mol. The van der Waals surface area contributed by atoms with Gasteiger partial charge in [-0.3, -0.25) is 0 Å². The first-order valence-electron chi connectivity index (χ1n) is 7.57. The van der Waals surface area contributed by atoms with Crippen LogP contribution in [0.4, 0.5) is 0 Å². The quantitative estimate of drug-likeness (QED) is 0.596. The maximum Gasteiger partial charge on any atom is 0.188 e. The predicted octanol–water partition coefficient (Wildman–Crippen LogP) is 5.72. The van der Waals surface area contributed by atoms with Crippen molar-refractivity contribution in [2.45, 2.75) is 44.8 Å². The van der Waals surface area contributed by atoms with Gasteiger partial charge in [0.25, 0.3) is 0 Å². The number of hydrogen-bond acceptors (Lipinski definition) is 2. The van der Waals surface area contributed by atoms with Crippen LogP contribution in [0.25, 0.3) is 6.08 Å². The minimum Gasteiger partial charge on any atom is -0.344 e. The summed E-state index contributed by atoms with van der Waals surface area (Å²) in [5.41, 5.74) is 0.924. The van der Waals surface area contributed by atoms with Crippen molar-refractivity contribution in [2.24, 2.45) is 0 Å². The van der Waals surface area contributed by atoms with Crippen LogP contribution in [0.3, 0.4) is 0 Å². The first-order chi connectivity index (χ1) is 10.2. The number of unbranched alkanes of at least 4 members (excludes halogenated alkanes) is 3. The Morgan fingerprint density at radius 3 is 2.57 bits per heavy atom. The van der Waals surface area contributed by atoms with E-state index in [2.05, 4.69) is 6.92 Å². The van der Waals surface area contributed by atoms with Gasteiger partial charge in [-0.05, 0) is 30.2 Å². The Bertz CT molecular complexity index is 480. The van der Waals surface area contributed by atoms with Crippen LogP contribution in [0.15, 0.2) is 24.3 Å². The van der Waals surface area contributed by atoms with Crippen molar-refractivity contribution >= 4 is 29.3 Å². The lowest BCUT2D eigenvalue weighted by Crippen LogP contribution is -2.27. The molecule has 2 nitrogen and oxygen atoms in total. The van der Waals surface area contributed by atoms with Gasteiger partial charge in [0, 0.05) is 16.5 Å². The summed E-state index contributed by atoms with van der Waals surface area (Å²) in [6, 6.07) is 5.48. The van der Waals surface area contributed by atoms with Crippen molar-refractivity contribution in [3.8, 4) is 0 Å². The number of ether oxygens (including phenoxy) is 2. The molecule has 21 heavy (non-hydrogen) atoms. The second kappa shape index (κ2) is 8.19. The van der Waals surface area contributed by atoms with Crippen LogP contribution in [0.1, 0.15) is 44.6 Å². The molecule has 1 saturated heterocycles. The van der Waals surface area contributed by atoms with Gasteiger partial charge in [0.05, 0.1) is 13.2 Å². The van der Waals surface area contributed by atoms with Gasteiger partial charge < -0.3 is 9.47 Å². The molecule has 0 N–H and O–H groups in total. The number of halogens is 2. The molecule has 1 heterocycles. The summed E-state index contributed by atoms with van der Waals surface area (Å²) in [6.45, 7) is 3.50. The molecule has 0 aliphatic carbocycles. The molecule has 0 amide bonds. The van der Waals surface area contributed by atoms with Crippen molar-refractivity contribution in [1.29, 1.82) is 0 Å². The average Bonchev–Trinajstić information content (AvgIpc) is 2.92. The molecule has 1 aromatic rings. The van der Waals surface area contributed by atoms with E-state index >= 15 is 0 Å². The van der Waals surface area contributed by atoms with E-state index in [1.807, 2.05) is 24.3 Å². The summed E-state index contributed by atoms with van der Waals surface area (Å²) in [6.07, 6.45) is 9.63. The Hall–Kier alpha value is -0.540. The fraction of sp³-hybridized carbons (Fsp3) is 0.529. The molecule has 0 atom stereocenters. The van der Waals surface area contributed by atoms with E-state index in [9.17, 15) is 0 Å². The number of rotatable bonds is 7. The molecule has 0 saturated carbocycles. The van der Waals surface area contributed by atoms with E-state index < -0.39 is 5.79 Å². The zero-order valence-electron chi connectivity index (χ0n) is 12.4. The second-order valence-electron chi connectivity index (χ2n) is 5.32. The Kier molecular flexibility index (Phi) is 6.56. The third-order valence-electron chi connectivity index (χ3n) is 3.63. The van der Waals surface area contributed by atoms with Crippen molar-refractivity contribution in [2.75, 3.05) is 13.2 Å².